The highest BCUT2D eigenvalue weighted by molar-refractivity contribution is 5.79. The third-order valence-electron chi connectivity index (χ3n) is 6.91. The highest BCUT2D eigenvalue weighted by Crippen LogP contribution is 2.33. The molecule has 3 aliphatic rings. The fraction of sp³-hybridized carbons (Fsp3) is 0.520. The number of halogens is 2. The number of rotatable bonds is 6. The molecule has 2 aromatic rings. The van der Waals surface area contributed by atoms with Crippen molar-refractivity contribution in [2.45, 2.75) is 38.1 Å². The van der Waals surface area contributed by atoms with Gasteiger partial charge in [-0.05, 0) is 48.2 Å². The standard InChI is InChI=1S/C25H30F2N4O3/c26-20-9-18(10-21(27)13-20)14-29-25(32)19-12-23-22(2-6-34-23)31(16-19)15-17-1-3-28-24(11-17)30-4-7-33-8-5-30/h1,3,9-11,13,19,22-23H,2,4-8,12,14-16H2,(H,29,32)/t19-,22+,23+/m0/s1. The van der Waals surface area contributed by atoms with Crippen LogP contribution >= 0.6 is 0 Å². The highest BCUT2D eigenvalue weighted by atomic mass is 19.1. The summed E-state index contributed by atoms with van der Waals surface area (Å²) in [6, 6.07) is 7.73. The second-order valence-corrected chi connectivity index (χ2v) is 9.24. The highest BCUT2D eigenvalue weighted by Gasteiger charge is 2.42. The fourth-order valence-corrected chi connectivity index (χ4v) is 5.23. The molecule has 0 saturated carbocycles. The molecule has 3 atom stereocenters. The number of hydrogen-bond donors (Lipinski definition) is 1. The summed E-state index contributed by atoms with van der Waals surface area (Å²) in [7, 11) is 0. The maximum Gasteiger partial charge on any atom is 0.224 e. The van der Waals surface area contributed by atoms with Crippen molar-refractivity contribution in [3.63, 3.8) is 0 Å². The first-order chi connectivity index (χ1) is 16.5. The second kappa shape index (κ2) is 10.3. The summed E-state index contributed by atoms with van der Waals surface area (Å²) in [6.45, 7) is 5.18. The van der Waals surface area contributed by atoms with Crippen molar-refractivity contribution in [1.82, 2.24) is 15.2 Å². The van der Waals surface area contributed by atoms with Gasteiger partial charge < -0.3 is 19.7 Å². The van der Waals surface area contributed by atoms with Gasteiger partial charge in [0.1, 0.15) is 17.5 Å². The van der Waals surface area contributed by atoms with Crippen molar-refractivity contribution in [3.8, 4) is 0 Å². The summed E-state index contributed by atoms with van der Waals surface area (Å²) in [5.74, 6) is -0.715. The summed E-state index contributed by atoms with van der Waals surface area (Å²) in [4.78, 5) is 22.1. The molecule has 0 spiro atoms. The minimum atomic E-state index is -0.649. The lowest BCUT2D eigenvalue weighted by Gasteiger charge is -2.40. The van der Waals surface area contributed by atoms with Gasteiger partial charge in [0.05, 0.1) is 25.2 Å². The molecular formula is C25H30F2N4O3. The number of hydrogen-bond acceptors (Lipinski definition) is 6. The average molecular weight is 473 g/mol. The molecule has 182 valence electrons. The molecule has 34 heavy (non-hydrogen) atoms. The molecule has 3 aliphatic heterocycles. The minimum absolute atomic E-state index is 0.0108. The second-order valence-electron chi connectivity index (χ2n) is 9.24. The maximum absolute atomic E-state index is 13.5. The number of fused-ring (bicyclic) bond motifs is 1. The molecule has 3 saturated heterocycles. The normalized spacial score (nSPS) is 25.2. The van der Waals surface area contributed by atoms with Crippen molar-refractivity contribution < 1.29 is 23.0 Å². The Morgan fingerprint density at radius 2 is 1.88 bits per heavy atom. The number of nitrogens with one attached hydrogen (secondary N) is 1. The molecule has 0 bridgehead atoms. The number of aromatic nitrogens is 1. The van der Waals surface area contributed by atoms with Crippen LogP contribution in [-0.4, -0.2) is 67.4 Å². The van der Waals surface area contributed by atoms with Gasteiger partial charge in [0, 0.05) is 57.6 Å². The molecule has 1 N–H and O–H groups in total. The average Bonchev–Trinajstić information content (AvgIpc) is 3.32. The predicted octanol–water partition coefficient (Wildman–Crippen LogP) is 2.49. The van der Waals surface area contributed by atoms with Crippen LogP contribution in [0, 0.1) is 17.6 Å². The molecule has 0 aliphatic carbocycles. The first-order valence-corrected chi connectivity index (χ1v) is 11.9. The number of carbonyl (C=O) groups is 1. The van der Waals surface area contributed by atoms with Crippen molar-refractivity contribution >= 4 is 11.7 Å². The van der Waals surface area contributed by atoms with Gasteiger partial charge in [-0.25, -0.2) is 13.8 Å². The molecule has 1 amide bonds. The summed E-state index contributed by atoms with van der Waals surface area (Å²) in [6.07, 6.45) is 3.45. The number of likely N-dealkylation sites (tertiary alicyclic amines) is 1. The van der Waals surface area contributed by atoms with Gasteiger partial charge in [0.15, 0.2) is 0 Å². The first-order valence-electron chi connectivity index (χ1n) is 11.9. The van der Waals surface area contributed by atoms with Gasteiger partial charge in [0.2, 0.25) is 5.91 Å². The monoisotopic (exact) mass is 472 g/mol. The molecule has 5 rings (SSSR count). The van der Waals surface area contributed by atoms with Gasteiger partial charge >= 0.3 is 0 Å². The van der Waals surface area contributed by atoms with Crippen LogP contribution in [0.3, 0.4) is 0 Å². The van der Waals surface area contributed by atoms with Crippen LogP contribution in [0.15, 0.2) is 36.5 Å². The largest absolute Gasteiger partial charge is 0.378 e. The van der Waals surface area contributed by atoms with Crippen LogP contribution in [-0.2, 0) is 27.4 Å². The quantitative estimate of drug-likeness (QED) is 0.697. The zero-order valence-electron chi connectivity index (χ0n) is 19.1. The molecule has 1 aromatic heterocycles. The van der Waals surface area contributed by atoms with Crippen LogP contribution in [0.25, 0.3) is 0 Å². The zero-order valence-corrected chi connectivity index (χ0v) is 19.1. The first kappa shape index (κ1) is 23.1. The third kappa shape index (κ3) is 5.37. The van der Waals surface area contributed by atoms with Crippen LogP contribution in [0.5, 0.6) is 0 Å². The van der Waals surface area contributed by atoms with E-state index in [2.05, 4.69) is 26.2 Å². The molecule has 4 heterocycles. The topological polar surface area (TPSA) is 66.9 Å². The Morgan fingerprint density at radius 3 is 2.68 bits per heavy atom. The number of pyridine rings is 1. The molecule has 0 unspecified atom stereocenters. The van der Waals surface area contributed by atoms with Crippen molar-refractivity contribution in [2.75, 3.05) is 44.4 Å². The summed E-state index contributed by atoms with van der Waals surface area (Å²) in [5, 5.41) is 2.86. The van der Waals surface area contributed by atoms with E-state index < -0.39 is 11.6 Å². The van der Waals surface area contributed by atoms with E-state index in [0.29, 0.717) is 44.9 Å². The number of morpholine rings is 1. The van der Waals surface area contributed by atoms with Crippen LogP contribution in [0.1, 0.15) is 24.0 Å². The van der Waals surface area contributed by atoms with E-state index in [1.54, 1.807) is 0 Å². The van der Waals surface area contributed by atoms with Gasteiger partial charge in [-0.15, -0.1) is 0 Å². The Kier molecular flexibility index (Phi) is 7.03. The zero-order chi connectivity index (χ0) is 23.5. The van der Waals surface area contributed by atoms with Gasteiger partial charge in [-0.2, -0.15) is 0 Å². The Bertz CT molecular complexity index is 997. The number of carbonyl (C=O) groups excluding carboxylic acids is 1. The lowest BCUT2D eigenvalue weighted by Crippen LogP contribution is -2.52. The maximum atomic E-state index is 13.5. The van der Waals surface area contributed by atoms with Gasteiger partial charge in [-0.3, -0.25) is 9.69 Å². The number of amides is 1. The summed E-state index contributed by atoms with van der Waals surface area (Å²) < 4.78 is 38.4. The van der Waals surface area contributed by atoms with E-state index in [4.69, 9.17) is 9.47 Å². The SMILES string of the molecule is O=C(NCc1cc(F)cc(F)c1)[C@H]1C[C@H]2OCC[C@H]2N(Cc2ccnc(N3CCOCC3)c2)C1. The van der Waals surface area contributed by atoms with Gasteiger partial charge in [-0.1, -0.05) is 0 Å². The molecule has 9 heteroatoms. The fourth-order valence-electron chi connectivity index (χ4n) is 5.23. The van der Waals surface area contributed by atoms with E-state index in [9.17, 15) is 13.6 Å². The van der Waals surface area contributed by atoms with E-state index in [1.807, 2.05) is 12.3 Å². The van der Waals surface area contributed by atoms with E-state index >= 15 is 0 Å². The van der Waals surface area contributed by atoms with Crippen LogP contribution in [0.4, 0.5) is 14.6 Å². The van der Waals surface area contributed by atoms with Crippen molar-refractivity contribution in [1.29, 1.82) is 0 Å². The Hall–Kier alpha value is -2.62. The molecule has 3 fully saturated rings. The Morgan fingerprint density at radius 1 is 1.09 bits per heavy atom. The number of ether oxygens (including phenoxy) is 2. The van der Waals surface area contributed by atoms with Crippen molar-refractivity contribution in [2.24, 2.45) is 5.92 Å². The summed E-state index contributed by atoms with van der Waals surface area (Å²) >= 11 is 0. The Labute approximate surface area is 198 Å². The number of piperidine rings is 1. The molecule has 0 radical (unpaired) electrons. The molecular weight excluding hydrogens is 442 g/mol. The Balaban J connectivity index is 1.25. The minimum Gasteiger partial charge on any atom is -0.378 e. The number of nitrogens with zero attached hydrogens (tertiary/aromatic N) is 3. The van der Waals surface area contributed by atoms with Crippen molar-refractivity contribution in [3.05, 3.63) is 59.3 Å². The molecule has 1 aromatic carbocycles. The third-order valence-corrected chi connectivity index (χ3v) is 6.91. The lowest BCUT2D eigenvalue weighted by molar-refractivity contribution is -0.130. The van der Waals surface area contributed by atoms with E-state index in [-0.39, 0.29) is 30.5 Å². The number of anilines is 1. The van der Waals surface area contributed by atoms with Crippen LogP contribution < -0.4 is 10.2 Å². The van der Waals surface area contributed by atoms with E-state index in [0.717, 1.165) is 37.0 Å². The smallest absolute Gasteiger partial charge is 0.224 e. The molecule has 7 nitrogen and oxygen atoms in total. The predicted molar refractivity (Wildman–Crippen MR) is 122 cm³/mol. The summed E-state index contributed by atoms with van der Waals surface area (Å²) in [5.41, 5.74) is 1.55. The van der Waals surface area contributed by atoms with E-state index in [1.165, 1.54) is 12.1 Å². The number of benzene rings is 1. The van der Waals surface area contributed by atoms with Gasteiger partial charge in [0.25, 0.3) is 0 Å². The lowest BCUT2D eigenvalue weighted by atomic mass is 9.89. The van der Waals surface area contributed by atoms with Crippen LogP contribution in [0.2, 0.25) is 0 Å².